The topological polar surface area (TPSA) is 0 Å². The second kappa shape index (κ2) is 9.14. The van der Waals surface area contributed by atoms with Gasteiger partial charge in [0.05, 0.1) is 8.80 Å². The van der Waals surface area contributed by atoms with E-state index in [4.69, 9.17) is 0 Å². The molecule has 0 aromatic heterocycles. The van der Waals surface area contributed by atoms with Crippen LogP contribution in [0.3, 0.4) is 0 Å². The first-order valence-electron chi connectivity index (χ1n) is 7.88. The molecule has 0 fully saturated rings. The fraction of sp³-hybridized carbons (Fsp3) is 0.200. The van der Waals surface area contributed by atoms with Gasteiger partial charge >= 0.3 is 0 Å². The molecule has 1 unspecified atom stereocenters. The molecular weight excluding hydrogens is 324 g/mol. The van der Waals surface area contributed by atoms with E-state index in [1.165, 1.54) is 30.5 Å². The summed E-state index contributed by atoms with van der Waals surface area (Å²) in [7, 11) is -0.624. The molecule has 0 bridgehead atoms. The molecule has 1 aliphatic heterocycles. The molecule has 3 aliphatic rings. The third-order valence-electron chi connectivity index (χ3n) is 4.33. The quantitative estimate of drug-likeness (QED) is 0.724. The number of benzene rings is 1. The van der Waals surface area contributed by atoms with Gasteiger partial charge in [0, 0.05) is 29.9 Å². The Labute approximate surface area is 146 Å². The van der Waals surface area contributed by atoms with Gasteiger partial charge in [0.15, 0.2) is 0 Å². The van der Waals surface area contributed by atoms with Crippen molar-refractivity contribution in [1.82, 2.24) is 0 Å². The van der Waals surface area contributed by atoms with Crippen LogP contribution in [0.2, 0.25) is 12.1 Å². The van der Waals surface area contributed by atoms with Crippen molar-refractivity contribution >= 4 is 14.0 Å². The largest absolute Gasteiger partial charge is 0.0767 e. The second-order valence-electron chi connectivity index (χ2n) is 5.73. The average Bonchev–Trinajstić information content (AvgIpc) is 3.28. The molecule has 22 heavy (non-hydrogen) atoms. The van der Waals surface area contributed by atoms with Crippen LogP contribution in [-0.2, 0) is 23.5 Å². The van der Waals surface area contributed by atoms with Gasteiger partial charge in [-0.2, -0.15) is 0 Å². The Morgan fingerprint density at radius 3 is 2.41 bits per heavy atom. The zero-order chi connectivity index (χ0) is 14.3. The van der Waals surface area contributed by atoms with E-state index in [0.29, 0.717) is 0 Å². The average molecular weight is 346 g/mol. The minimum atomic E-state index is -0.624. The maximum atomic E-state index is 2.38. The van der Waals surface area contributed by atoms with E-state index in [2.05, 4.69) is 48.9 Å². The Morgan fingerprint density at radius 2 is 1.73 bits per heavy atom. The van der Waals surface area contributed by atoms with E-state index in [9.17, 15) is 0 Å². The Morgan fingerprint density at radius 1 is 0.909 bits per heavy atom. The standard InChI is InChI=1S/C15H17Si.C5H5.Fe/c1-2-6-13(5-1)9-11-16-12-10-14-7-3-4-8-15(14)16;1-2-4-5-3-1;/h1-8,16H,9-12H2;1-5H;. The van der Waals surface area contributed by atoms with Crippen LogP contribution in [0.1, 0.15) is 12.0 Å². The van der Waals surface area contributed by atoms with Gasteiger partial charge in [-0.3, -0.25) is 0 Å². The van der Waals surface area contributed by atoms with Crippen molar-refractivity contribution in [1.29, 1.82) is 0 Å². The molecule has 1 aromatic carbocycles. The third-order valence-corrected chi connectivity index (χ3v) is 7.74. The predicted molar refractivity (Wildman–Crippen MR) is 95.3 cm³/mol. The molecule has 2 heteroatoms. The van der Waals surface area contributed by atoms with Gasteiger partial charge in [-0.15, -0.1) is 0 Å². The maximum Gasteiger partial charge on any atom is 0.0718 e. The smallest absolute Gasteiger partial charge is 0.0718 e. The zero-order valence-electron chi connectivity index (χ0n) is 12.8. The summed E-state index contributed by atoms with van der Waals surface area (Å²) >= 11 is 0. The van der Waals surface area contributed by atoms with Gasteiger partial charge in [-0.1, -0.05) is 89.6 Å². The molecule has 0 saturated carbocycles. The first-order chi connectivity index (χ1) is 10.4. The second-order valence-corrected chi connectivity index (χ2v) is 8.90. The van der Waals surface area contributed by atoms with Crippen molar-refractivity contribution in [2.75, 3.05) is 0 Å². The van der Waals surface area contributed by atoms with E-state index in [0.717, 1.165) is 0 Å². The van der Waals surface area contributed by atoms with Crippen LogP contribution >= 0.6 is 0 Å². The van der Waals surface area contributed by atoms with Gasteiger partial charge in [-0.25, -0.2) is 0 Å². The first kappa shape index (κ1) is 17.3. The number of rotatable bonds is 3. The molecule has 1 atom stereocenters. The minimum absolute atomic E-state index is 0. The monoisotopic (exact) mass is 346 g/mol. The molecule has 0 saturated heterocycles. The summed E-state index contributed by atoms with van der Waals surface area (Å²) in [4.78, 5) is 0. The van der Waals surface area contributed by atoms with Crippen LogP contribution in [0.15, 0.2) is 72.4 Å². The molecule has 2 radical (unpaired) electrons. The Hall–Kier alpha value is -1.08. The summed E-state index contributed by atoms with van der Waals surface area (Å²) in [5.41, 5.74) is 3.17. The Kier molecular flexibility index (Phi) is 7.18. The van der Waals surface area contributed by atoms with Crippen molar-refractivity contribution < 1.29 is 17.1 Å². The van der Waals surface area contributed by atoms with Crippen molar-refractivity contribution in [3.05, 3.63) is 90.8 Å². The molecule has 0 nitrogen and oxygen atoms in total. The van der Waals surface area contributed by atoms with E-state index in [1.807, 2.05) is 30.7 Å². The van der Waals surface area contributed by atoms with E-state index in [1.54, 1.807) is 10.8 Å². The van der Waals surface area contributed by atoms with Crippen molar-refractivity contribution in [3.63, 3.8) is 0 Å². The van der Waals surface area contributed by atoms with Crippen LogP contribution in [-0.4, -0.2) is 8.80 Å². The number of aryl methyl sites for hydroxylation is 1. The molecule has 0 spiro atoms. The maximum absolute atomic E-state index is 2.38. The van der Waals surface area contributed by atoms with Crippen LogP contribution in [0.4, 0.5) is 0 Å². The van der Waals surface area contributed by atoms with E-state index in [-0.39, 0.29) is 17.1 Å². The third kappa shape index (κ3) is 4.71. The molecule has 114 valence electrons. The molecule has 2 aliphatic carbocycles. The van der Waals surface area contributed by atoms with Crippen molar-refractivity contribution in [2.24, 2.45) is 0 Å². The van der Waals surface area contributed by atoms with Gasteiger partial charge < -0.3 is 0 Å². The summed E-state index contributed by atoms with van der Waals surface area (Å²) in [6, 6.07) is 12.0. The van der Waals surface area contributed by atoms with Gasteiger partial charge in [0.2, 0.25) is 0 Å². The summed E-state index contributed by atoms with van der Waals surface area (Å²) < 4.78 is 0. The Balaban J connectivity index is 0.000000253. The fourth-order valence-electron chi connectivity index (χ4n) is 3.19. The van der Waals surface area contributed by atoms with Crippen LogP contribution in [0.5, 0.6) is 0 Å². The van der Waals surface area contributed by atoms with Crippen LogP contribution < -0.4 is 5.19 Å². The summed E-state index contributed by atoms with van der Waals surface area (Å²) in [6.45, 7) is 0. The molecule has 4 rings (SSSR count). The normalized spacial score (nSPS) is 20.2. The van der Waals surface area contributed by atoms with E-state index >= 15 is 0 Å². The van der Waals surface area contributed by atoms with E-state index < -0.39 is 8.80 Å². The van der Waals surface area contributed by atoms with Crippen LogP contribution in [0.25, 0.3) is 0 Å². The minimum Gasteiger partial charge on any atom is -0.0767 e. The summed E-state index contributed by atoms with van der Waals surface area (Å²) in [6.07, 6.45) is 21.5. The van der Waals surface area contributed by atoms with Crippen molar-refractivity contribution in [3.8, 4) is 0 Å². The summed E-state index contributed by atoms with van der Waals surface area (Å²) in [5.74, 6) is 0. The number of fused-ring (bicyclic) bond motifs is 1. The number of allylic oxidation sites excluding steroid dienone is 8. The Bertz CT molecular complexity index is 585. The van der Waals surface area contributed by atoms with Crippen molar-refractivity contribution in [2.45, 2.75) is 24.9 Å². The summed E-state index contributed by atoms with van der Waals surface area (Å²) in [5, 5.41) is 1.74. The molecule has 1 heterocycles. The SMILES string of the molecule is [CH]1C=CC(CC[SiH]2CCc3ccccc32)=C1.[CH]1C=CC=C1.[Fe]. The molecule has 0 amide bonds. The molecule has 0 N–H and O–H groups in total. The molecule has 1 aromatic rings. The zero-order valence-corrected chi connectivity index (χ0v) is 15.0. The molecular formula is C20H22FeSi. The van der Waals surface area contributed by atoms with Gasteiger partial charge in [0.25, 0.3) is 0 Å². The van der Waals surface area contributed by atoms with Gasteiger partial charge in [0.1, 0.15) is 0 Å². The number of hydrogen-bond donors (Lipinski definition) is 0. The number of hydrogen-bond acceptors (Lipinski definition) is 0. The van der Waals surface area contributed by atoms with Gasteiger partial charge in [-0.05, 0) is 18.4 Å². The predicted octanol–water partition coefficient (Wildman–Crippen LogP) is 4.08. The first-order valence-corrected chi connectivity index (χ1v) is 10.1. The van der Waals surface area contributed by atoms with Crippen LogP contribution in [0, 0.1) is 12.8 Å². The fourth-order valence-corrected chi connectivity index (χ4v) is 6.59.